The molecule has 1 aliphatic rings. The van der Waals surface area contributed by atoms with E-state index in [4.69, 9.17) is 16.1 Å². The monoisotopic (exact) mass is 288 g/mol. The SMILES string of the molecule is O=C(C=Cc1ccc(Cl)cc1)N1CCc2oncc2C1. The quantitative estimate of drug-likeness (QED) is 0.798. The van der Waals surface area contributed by atoms with E-state index in [1.807, 2.05) is 12.1 Å². The molecular weight excluding hydrogens is 276 g/mol. The van der Waals surface area contributed by atoms with E-state index in [0.29, 0.717) is 18.1 Å². The topological polar surface area (TPSA) is 46.3 Å². The molecule has 1 aliphatic heterocycles. The maximum absolute atomic E-state index is 12.1. The highest BCUT2D eigenvalue weighted by Gasteiger charge is 2.21. The molecule has 1 aromatic heterocycles. The zero-order valence-electron chi connectivity index (χ0n) is 10.8. The lowest BCUT2D eigenvalue weighted by Gasteiger charge is -2.24. The Labute approximate surface area is 121 Å². The van der Waals surface area contributed by atoms with Gasteiger partial charge in [0, 0.05) is 29.6 Å². The molecule has 1 amide bonds. The Hall–Kier alpha value is -2.07. The summed E-state index contributed by atoms with van der Waals surface area (Å²) in [6.07, 6.45) is 5.77. The van der Waals surface area contributed by atoms with Crippen LogP contribution in [-0.2, 0) is 17.8 Å². The number of rotatable bonds is 2. The molecule has 0 bridgehead atoms. The van der Waals surface area contributed by atoms with Crippen LogP contribution >= 0.6 is 11.6 Å². The van der Waals surface area contributed by atoms with Gasteiger partial charge in [0.15, 0.2) is 0 Å². The van der Waals surface area contributed by atoms with Gasteiger partial charge < -0.3 is 9.42 Å². The van der Waals surface area contributed by atoms with Gasteiger partial charge in [-0.05, 0) is 23.8 Å². The summed E-state index contributed by atoms with van der Waals surface area (Å²) in [5.74, 6) is 0.877. The Morgan fingerprint density at radius 3 is 2.95 bits per heavy atom. The van der Waals surface area contributed by atoms with Gasteiger partial charge in [0.1, 0.15) is 5.76 Å². The predicted octanol–water partition coefficient (Wildman–Crippen LogP) is 2.93. The third kappa shape index (κ3) is 2.75. The van der Waals surface area contributed by atoms with Crippen LogP contribution in [0.4, 0.5) is 0 Å². The van der Waals surface area contributed by atoms with Gasteiger partial charge >= 0.3 is 0 Å². The first-order valence-electron chi connectivity index (χ1n) is 6.37. The second-order valence-electron chi connectivity index (χ2n) is 4.67. The van der Waals surface area contributed by atoms with Gasteiger partial charge in [-0.25, -0.2) is 0 Å². The summed E-state index contributed by atoms with van der Waals surface area (Å²) in [6.45, 7) is 1.22. The highest BCUT2D eigenvalue weighted by molar-refractivity contribution is 6.30. The first kappa shape index (κ1) is 12.9. The summed E-state index contributed by atoms with van der Waals surface area (Å²) in [5.41, 5.74) is 1.94. The Balaban J connectivity index is 1.67. The van der Waals surface area contributed by atoms with E-state index >= 15 is 0 Å². The number of aromatic nitrogens is 1. The fraction of sp³-hybridized carbons (Fsp3) is 0.200. The Morgan fingerprint density at radius 1 is 1.35 bits per heavy atom. The third-order valence-electron chi connectivity index (χ3n) is 3.30. The first-order valence-corrected chi connectivity index (χ1v) is 6.75. The number of carbonyl (C=O) groups excluding carboxylic acids is 1. The van der Waals surface area contributed by atoms with Gasteiger partial charge in [0.2, 0.25) is 5.91 Å². The predicted molar refractivity (Wildman–Crippen MR) is 76.1 cm³/mol. The van der Waals surface area contributed by atoms with Crippen molar-refractivity contribution < 1.29 is 9.32 Å². The van der Waals surface area contributed by atoms with E-state index in [1.54, 1.807) is 35.4 Å². The van der Waals surface area contributed by atoms with Crippen molar-refractivity contribution in [1.82, 2.24) is 10.1 Å². The van der Waals surface area contributed by atoms with E-state index in [0.717, 1.165) is 23.3 Å². The molecule has 4 nitrogen and oxygen atoms in total. The summed E-state index contributed by atoms with van der Waals surface area (Å²) >= 11 is 5.82. The number of fused-ring (bicyclic) bond motifs is 1. The van der Waals surface area contributed by atoms with Crippen molar-refractivity contribution in [2.24, 2.45) is 0 Å². The third-order valence-corrected chi connectivity index (χ3v) is 3.55. The summed E-state index contributed by atoms with van der Waals surface area (Å²) < 4.78 is 5.11. The van der Waals surface area contributed by atoms with Gasteiger partial charge in [0.25, 0.3) is 0 Å². The normalized spacial score (nSPS) is 14.6. The summed E-state index contributed by atoms with van der Waals surface area (Å²) in [4.78, 5) is 13.9. The highest BCUT2D eigenvalue weighted by atomic mass is 35.5. The highest BCUT2D eigenvalue weighted by Crippen LogP contribution is 2.18. The lowest BCUT2D eigenvalue weighted by atomic mass is 10.1. The molecule has 2 aromatic rings. The van der Waals surface area contributed by atoms with Gasteiger partial charge in [-0.3, -0.25) is 4.79 Å². The van der Waals surface area contributed by atoms with Crippen LogP contribution in [-0.4, -0.2) is 22.5 Å². The molecule has 0 aliphatic carbocycles. The fourth-order valence-corrected chi connectivity index (χ4v) is 2.30. The first-order chi connectivity index (χ1) is 9.72. The zero-order valence-corrected chi connectivity index (χ0v) is 11.5. The molecule has 0 fully saturated rings. The molecule has 0 N–H and O–H groups in total. The molecule has 102 valence electrons. The van der Waals surface area contributed by atoms with Crippen molar-refractivity contribution in [2.75, 3.05) is 6.54 Å². The van der Waals surface area contributed by atoms with E-state index < -0.39 is 0 Å². The lowest BCUT2D eigenvalue weighted by Crippen LogP contribution is -2.34. The molecule has 1 aromatic carbocycles. The maximum Gasteiger partial charge on any atom is 0.246 e. The molecule has 0 unspecified atom stereocenters. The number of halogens is 1. The average Bonchev–Trinajstić information content (AvgIpc) is 2.93. The summed E-state index contributed by atoms with van der Waals surface area (Å²) in [6, 6.07) is 7.35. The van der Waals surface area contributed by atoms with Crippen molar-refractivity contribution in [1.29, 1.82) is 0 Å². The minimum atomic E-state index is -0.00759. The van der Waals surface area contributed by atoms with Gasteiger partial charge in [-0.1, -0.05) is 28.9 Å². The molecule has 0 spiro atoms. The average molecular weight is 289 g/mol. The van der Waals surface area contributed by atoms with Crippen molar-refractivity contribution in [3.63, 3.8) is 0 Å². The van der Waals surface area contributed by atoms with Crippen LogP contribution in [0.3, 0.4) is 0 Å². The van der Waals surface area contributed by atoms with E-state index in [-0.39, 0.29) is 5.91 Å². The van der Waals surface area contributed by atoms with E-state index in [1.165, 1.54) is 0 Å². The Morgan fingerprint density at radius 2 is 2.15 bits per heavy atom. The maximum atomic E-state index is 12.1. The van der Waals surface area contributed by atoms with E-state index in [2.05, 4.69) is 5.16 Å². The number of benzene rings is 1. The molecule has 3 rings (SSSR count). The molecule has 0 atom stereocenters. The van der Waals surface area contributed by atoms with Crippen LogP contribution in [0.1, 0.15) is 16.9 Å². The smallest absolute Gasteiger partial charge is 0.246 e. The second kappa shape index (κ2) is 5.51. The zero-order chi connectivity index (χ0) is 13.9. The minimum Gasteiger partial charge on any atom is -0.361 e. The van der Waals surface area contributed by atoms with Gasteiger partial charge in [-0.2, -0.15) is 0 Å². The number of carbonyl (C=O) groups is 1. The lowest BCUT2D eigenvalue weighted by molar-refractivity contribution is -0.126. The largest absolute Gasteiger partial charge is 0.361 e. The van der Waals surface area contributed by atoms with Crippen molar-refractivity contribution in [3.05, 3.63) is 58.4 Å². The Kier molecular flexibility index (Phi) is 3.56. The number of hydrogen-bond donors (Lipinski definition) is 0. The van der Waals surface area contributed by atoms with E-state index in [9.17, 15) is 4.79 Å². The van der Waals surface area contributed by atoms with Crippen LogP contribution < -0.4 is 0 Å². The molecule has 0 radical (unpaired) electrons. The number of amides is 1. The summed E-state index contributed by atoms with van der Waals surface area (Å²) in [7, 11) is 0. The summed E-state index contributed by atoms with van der Waals surface area (Å²) in [5, 5.41) is 4.44. The van der Waals surface area contributed by atoms with Gasteiger partial charge in [-0.15, -0.1) is 0 Å². The number of nitrogens with zero attached hydrogens (tertiary/aromatic N) is 2. The van der Waals surface area contributed by atoms with Crippen LogP contribution in [0.25, 0.3) is 6.08 Å². The molecule has 2 heterocycles. The standard InChI is InChI=1S/C15H13ClN2O2/c16-13-4-1-11(2-5-13)3-6-15(19)18-8-7-14-12(10-18)9-17-20-14/h1-6,9H,7-8,10H2. The van der Waals surface area contributed by atoms with Crippen LogP contribution in [0.15, 0.2) is 41.1 Å². The molecule has 0 saturated carbocycles. The molecule has 20 heavy (non-hydrogen) atoms. The van der Waals surface area contributed by atoms with Crippen molar-refractivity contribution >= 4 is 23.6 Å². The molecule has 5 heteroatoms. The van der Waals surface area contributed by atoms with Gasteiger partial charge in [0.05, 0.1) is 12.7 Å². The Bertz CT molecular complexity index is 646. The number of hydrogen-bond acceptors (Lipinski definition) is 3. The second-order valence-corrected chi connectivity index (χ2v) is 5.11. The molecular formula is C15H13ClN2O2. The van der Waals surface area contributed by atoms with Crippen LogP contribution in [0.2, 0.25) is 5.02 Å². The van der Waals surface area contributed by atoms with Crippen LogP contribution in [0, 0.1) is 0 Å². The minimum absolute atomic E-state index is 0.00759. The van der Waals surface area contributed by atoms with Crippen molar-refractivity contribution in [2.45, 2.75) is 13.0 Å². The van der Waals surface area contributed by atoms with Crippen LogP contribution in [0.5, 0.6) is 0 Å². The molecule has 0 saturated heterocycles. The van der Waals surface area contributed by atoms with Crippen molar-refractivity contribution in [3.8, 4) is 0 Å². The fourth-order valence-electron chi connectivity index (χ4n) is 2.18.